The number of nitrogens with zero attached hydrogens (tertiary/aromatic N) is 1. The number of ether oxygens (including phenoxy) is 12. The van der Waals surface area contributed by atoms with Gasteiger partial charge in [0.1, 0.15) is 30.3 Å². The van der Waals surface area contributed by atoms with Crippen molar-refractivity contribution in [2.24, 2.45) is 5.92 Å². The molecule has 2 rings (SSSR count). The van der Waals surface area contributed by atoms with Gasteiger partial charge in [0.25, 0.3) is 5.91 Å². The molecule has 1 aliphatic rings. The second-order valence-corrected chi connectivity index (χ2v) is 22.1. The summed E-state index contributed by atoms with van der Waals surface area (Å²) in [5, 5.41) is 35.4. The molecule has 0 bridgehead atoms. The third kappa shape index (κ3) is 43.4. The molecule has 526 valence electrons. The van der Waals surface area contributed by atoms with Gasteiger partial charge in [-0.1, -0.05) is 44.2 Å². The van der Waals surface area contributed by atoms with Crippen molar-refractivity contribution < 1.29 is 110 Å². The molecule has 31 heteroatoms. The molecule has 0 aromatic heterocycles. The predicted octanol–water partition coefficient (Wildman–Crippen LogP) is -0.816. The Bertz CT molecular complexity index is 2160. The highest BCUT2D eigenvalue weighted by atomic mass is 32.2. The summed E-state index contributed by atoms with van der Waals surface area (Å²) in [5.74, 6) is -4.26. The average molecular weight is 1330 g/mol. The number of aliphatic carboxylic acids is 1. The third-order valence-electron chi connectivity index (χ3n) is 13.2. The van der Waals surface area contributed by atoms with Crippen molar-refractivity contribution in [3.8, 4) is 0 Å². The van der Waals surface area contributed by atoms with Crippen LogP contribution in [-0.4, -0.2) is 289 Å². The van der Waals surface area contributed by atoms with E-state index in [1.807, 2.05) is 20.1 Å². The van der Waals surface area contributed by atoms with Crippen molar-refractivity contribution in [3.63, 3.8) is 0 Å². The van der Waals surface area contributed by atoms with Crippen LogP contribution in [-0.2, 0) is 106 Å². The molecule has 5 atom stereocenters. The number of thioether (sulfide) groups is 1. The number of carbonyl (C=O) groups is 9. The summed E-state index contributed by atoms with van der Waals surface area (Å²) in [4.78, 5) is 113. The fourth-order valence-corrected chi connectivity index (χ4v) is 8.86. The Labute approximate surface area is 544 Å². The zero-order valence-electron chi connectivity index (χ0n) is 53.9. The lowest BCUT2D eigenvalue weighted by atomic mass is 10.00. The van der Waals surface area contributed by atoms with Crippen molar-refractivity contribution in [1.82, 2.24) is 36.8 Å². The zero-order valence-corrected chi connectivity index (χ0v) is 54.7. The van der Waals surface area contributed by atoms with Crippen LogP contribution in [0, 0.1) is 5.92 Å². The van der Waals surface area contributed by atoms with Gasteiger partial charge in [-0.05, 0) is 55.6 Å². The molecule has 0 aliphatic carbocycles. The predicted molar refractivity (Wildman–Crippen MR) is 335 cm³/mol. The second-order valence-electron chi connectivity index (χ2n) is 21.1. The largest absolute Gasteiger partial charge is 0.480 e. The van der Waals surface area contributed by atoms with E-state index in [0.29, 0.717) is 182 Å². The van der Waals surface area contributed by atoms with Gasteiger partial charge in [-0.2, -0.15) is 11.8 Å². The maximum absolute atomic E-state index is 13.7. The first-order valence-corrected chi connectivity index (χ1v) is 32.9. The summed E-state index contributed by atoms with van der Waals surface area (Å²) in [6.07, 6.45) is 2.35. The summed E-state index contributed by atoms with van der Waals surface area (Å²) in [7, 11) is 0. The van der Waals surface area contributed by atoms with Crippen molar-refractivity contribution in [3.05, 3.63) is 35.9 Å². The molecule has 1 unspecified atom stereocenters. The van der Waals surface area contributed by atoms with Crippen molar-refractivity contribution >= 4 is 65.5 Å². The van der Waals surface area contributed by atoms with Crippen LogP contribution in [0.15, 0.2) is 30.3 Å². The molecular weight excluding hydrogens is 1230 g/mol. The van der Waals surface area contributed by atoms with E-state index in [1.165, 1.54) is 11.8 Å². The normalized spacial score (nSPS) is 14.4. The highest BCUT2D eigenvalue weighted by Gasteiger charge is 2.37. The minimum absolute atomic E-state index is 0.0260. The van der Waals surface area contributed by atoms with Gasteiger partial charge in [0, 0.05) is 38.9 Å². The molecule has 1 saturated heterocycles. The number of aliphatic hydroxyl groups excluding tert-OH is 1. The van der Waals surface area contributed by atoms with Crippen LogP contribution >= 0.6 is 11.8 Å². The molecule has 1 heterocycles. The highest BCUT2D eigenvalue weighted by Crippen LogP contribution is 2.14. The Morgan fingerprint density at radius 2 is 0.957 bits per heavy atom. The number of hydrogen-bond acceptors (Lipinski definition) is 23. The maximum Gasteiger partial charge on any atom is 0.326 e. The molecule has 1 aromatic carbocycles. The van der Waals surface area contributed by atoms with Gasteiger partial charge in [0.2, 0.25) is 41.9 Å². The number of rotatable bonds is 63. The van der Waals surface area contributed by atoms with Crippen LogP contribution in [0.1, 0.15) is 70.8 Å². The fourth-order valence-electron chi connectivity index (χ4n) is 8.38. The van der Waals surface area contributed by atoms with Crippen molar-refractivity contribution in [1.29, 1.82) is 0 Å². The first-order chi connectivity index (χ1) is 44.7. The van der Waals surface area contributed by atoms with Crippen LogP contribution in [0.3, 0.4) is 0 Å². The van der Waals surface area contributed by atoms with E-state index in [9.17, 15) is 53.4 Å². The third-order valence-corrected chi connectivity index (χ3v) is 13.9. The van der Waals surface area contributed by atoms with Crippen LogP contribution < -0.4 is 31.9 Å². The lowest BCUT2D eigenvalue weighted by Crippen LogP contribution is -2.58. The molecule has 1 aromatic rings. The molecule has 8 N–H and O–H groups in total. The minimum atomic E-state index is -1.32. The Hall–Kier alpha value is -5.52. The van der Waals surface area contributed by atoms with Gasteiger partial charge in [0.05, 0.1) is 165 Å². The number of nitrogens with one attached hydrogen (secondary N) is 6. The SMILES string of the molecule is CSCC[C@H](NC=O)C(=O)N[C@@H](CC(C)C)C(=O)N[C@@H](Cc1ccccc1)C(=O)N[C@@H](CCCCNC(=O)CCOCCOCCOCCOCCOCCOCCOCCOCCOCCOCCOCCOCCNC(=O)CCN1C(=O)CC(O)C1=O)C(=O)O. The number of carboxylic acids is 1. The molecule has 30 nitrogen and oxygen atoms in total. The molecule has 8 amide bonds. The van der Waals surface area contributed by atoms with E-state index >= 15 is 0 Å². The number of hydrogen-bond donors (Lipinski definition) is 8. The lowest BCUT2D eigenvalue weighted by molar-refractivity contribution is -0.143. The van der Waals surface area contributed by atoms with E-state index in [2.05, 4.69) is 31.9 Å². The number of carbonyl (C=O) groups excluding carboxylic acids is 8. The van der Waals surface area contributed by atoms with Gasteiger partial charge >= 0.3 is 5.97 Å². The second kappa shape index (κ2) is 55.9. The van der Waals surface area contributed by atoms with Gasteiger partial charge in [-0.3, -0.25) is 43.3 Å². The van der Waals surface area contributed by atoms with Crippen LogP contribution in [0.4, 0.5) is 0 Å². The first-order valence-electron chi connectivity index (χ1n) is 31.5. The number of aliphatic hydroxyl groups is 1. The summed E-state index contributed by atoms with van der Waals surface area (Å²) >= 11 is 1.50. The van der Waals surface area contributed by atoms with E-state index in [1.54, 1.807) is 30.3 Å². The topological polar surface area (TPSA) is 380 Å². The molecule has 1 fully saturated rings. The summed E-state index contributed by atoms with van der Waals surface area (Å²) in [6, 6.07) is 4.58. The smallest absolute Gasteiger partial charge is 0.326 e. The van der Waals surface area contributed by atoms with E-state index < -0.39 is 65.8 Å². The Kier molecular flexibility index (Phi) is 50.2. The molecule has 0 saturated carbocycles. The molecule has 1 aliphatic heterocycles. The van der Waals surface area contributed by atoms with Crippen LogP contribution in [0.25, 0.3) is 0 Å². The van der Waals surface area contributed by atoms with Crippen LogP contribution in [0.5, 0.6) is 0 Å². The summed E-state index contributed by atoms with van der Waals surface area (Å²) in [5.41, 5.74) is 0.717. The molecular formula is C61H103N7O23S. The van der Waals surface area contributed by atoms with Crippen molar-refractivity contribution in [2.45, 2.75) is 102 Å². The number of benzene rings is 1. The van der Waals surface area contributed by atoms with Gasteiger partial charge in [-0.15, -0.1) is 0 Å². The van der Waals surface area contributed by atoms with E-state index in [0.717, 1.165) is 4.90 Å². The number of unbranched alkanes of at least 4 members (excludes halogenated alkanes) is 1. The zero-order chi connectivity index (χ0) is 67.1. The van der Waals surface area contributed by atoms with E-state index in [4.69, 9.17) is 56.8 Å². The van der Waals surface area contributed by atoms with E-state index in [-0.39, 0.29) is 89.1 Å². The Morgan fingerprint density at radius 1 is 0.543 bits per heavy atom. The average Bonchev–Trinajstić information content (AvgIpc) is 1.68. The molecule has 92 heavy (non-hydrogen) atoms. The van der Waals surface area contributed by atoms with Gasteiger partial charge < -0.3 is 99.0 Å². The Morgan fingerprint density at radius 3 is 1.39 bits per heavy atom. The van der Waals surface area contributed by atoms with Crippen molar-refractivity contribution in [2.75, 3.05) is 190 Å². The quantitative estimate of drug-likeness (QED) is 0.0224. The summed E-state index contributed by atoms with van der Waals surface area (Å²) < 4.78 is 65.9. The standard InChI is InChI=1S/C61H103N7O23S/c1-47(2)43-51(66-57(74)49(64-46-69)14-42-92-3)58(75)67-52(44-48-9-5-4-6-10-48)59(76)65-50(61(78)79)11-7-8-15-62-55(72)13-18-80-20-22-82-24-26-84-28-30-86-32-34-88-36-38-90-40-41-91-39-37-89-35-33-87-31-29-85-27-25-83-23-21-81-19-16-63-54(71)12-17-68-56(73)45-53(70)60(68)77/h4-6,9-10,46-47,49-53,70H,7-8,11-45H2,1-3H3,(H,62,72)(H,63,71)(H,64,69)(H,65,76)(H,66,74)(H,67,75)(H,78,79)/t49-,50-,51-,52-,53?/m0/s1. The maximum atomic E-state index is 13.7. The van der Waals surface area contributed by atoms with Gasteiger partial charge in [0.15, 0.2) is 0 Å². The number of imide groups is 1. The fraction of sp³-hybridized carbons (Fsp3) is 0.754. The van der Waals surface area contributed by atoms with Gasteiger partial charge in [-0.25, -0.2) is 4.79 Å². The minimum Gasteiger partial charge on any atom is -0.480 e. The molecule has 0 radical (unpaired) electrons. The lowest BCUT2D eigenvalue weighted by Gasteiger charge is -2.26. The first kappa shape index (κ1) is 82.6. The van der Waals surface area contributed by atoms with Crippen LogP contribution in [0.2, 0.25) is 0 Å². The number of carboxylic acid groups (broad SMARTS) is 1. The number of likely N-dealkylation sites (tertiary alicyclic amines) is 1. The highest BCUT2D eigenvalue weighted by molar-refractivity contribution is 7.98. The summed E-state index contributed by atoms with van der Waals surface area (Å²) in [6.45, 7) is 13.5. The number of amides is 8. The monoisotopic (exact) mass is 1330 g/mol. The Balaban J connectivity index is 1.35. The molecule has 0 spiro atoms.